The van der Waals surface area contributed by atoms with Crippen LogP contribution < -0.4 is 15.6 Å². The smallest absolute Gasteiger partial charge is 0.419 e. The lowest BCUT2D eigenvalue weighted by molar-refractivity contribution is -0.140. The molecule has 0 bridgehead atoms. The van der Waals surface area contributed by atoms with E-state index in [1.54, 1.807) is 26.0 Å². The van der Waals surface area contributed by atoms with Crippen LogP contribution in [0.3, 0.4) is 0 Å². The highest BCUT2D eigenvalue weighted by molar-refractivity contribution is 5.85. The predicted octanol–water partition coefficient (Wildman–Crippen LogP) is 4.63. The Labute approximate surface area is 219 Å². The Balaban J connectivity index is 1.95. The molecule has 1 amide bonds. The lowest BCUT2D eigenvalue weighted by Crippen LogP contribution is -2.37. The summed E-state index contributed by atoms with van der Waals surface area (Å²) in [5.74, 6) is -1.97. The van der Waals surface area contributed by atoms with Gasteiger partial charge in [0.1, 0.15) is 30.2 Å². The largest absolute Gasteiger partial charge is 0.497 e. The van der Waals surface area contributed by atoms with E-state index in [-0.39, 0.29) is 28.5 Å². The molecule has 0 atom stereocenters. The van der Waals surface area contributed by atoms with Crippen molar-refractivity contribution in [3.05, 3.63) is 76.0 Å². The third-order valence-corrected chi connectivity index (χ3v) is 5.73. The first-order valence-corrected chi connectivity index (χ1v) is 11.6. The van der Waals surface area contributed by atoms with Crippen LogP contribution in [0.2, 0.25) is 0 Å². The number of nitrogens with one attached hydrogen (secondary N) is 1. The minimum Gasteiger partial charge on any atom is -0.497 e. The Morgan fingerprint density at radius 1 is 1.10 bits per heavy atom. The molecular formula is C27H22F4N4O4. The van der Waals surface area contributed by atoms with Gasteiger partial charge in [-0.25, -0.2) is 14.4 Å². The van der Waals surface area contributed by atoms with Crippen molar-refractivity contribution in [2.75, 3.05) is 7.11 Å². The minimum absolute atomic E-state index is 0.0257. The molecule has 12 heteroatoms. The molecule has 8 nitrogen and oxygen atoms in total. The number of ether oxygens (including phenoxy) is 1. The van der Waals surface area contributed by atoms with E-state index < -0.39 is 35.6 Å². The van der Waals surface area contributed by atoms with Crippen LogP contribution in [0.1, 0.15) is 29.8 Å². The van der Waals surface area contributed by atoms with E-state index in [1.165, 1.54) is 25.4 Å². The van der Waals surface area contributed by atoms with Crippen LogP contribution in [0.4, 0.5) is 17.6 Å². The molecule has 0 radical (unpaired) electrons. The number of halogens is 4. The van der Waals surface area contributed by atoms with Gasteiger partial charge in [0.2, 0.25) is 5.91 Å². The molecule has 0 aliphatic carbocycles. The topological polar surface area (TPSA) is 103 Å². The van der Waals surface area contributed by atoms with Crippen molar-refractivity contribution in [3.63, 3.8) is 0 Å². The summed E-state index contributed by atoms with van der Waals surface area (Å²) in [6.07, 6.45) is -2.99. The maximum atomic E-state index is 14.0. The van der Waals surface area contributed by atoms with Gasteiger partial charge < -0.3 is 10.1 Å². The highest BCUT2D eigenvalue weighted by Gasteiger charge is 2.34. The number of benzene rings is 2. The summed E-state index contributed by atoms with van der Waals surface area (Å²) in [6.45, 7) is 2.84. The number of aldehydes is 1. The van der Waals surface area contributed by atoms with Crippen LogP contribution >= 0.6 is 0 Å². The number of hydrogen-bond donors (Lipinski definition) is 1. The normalized spacial score (nSPS) is 11.6. The van der Waals surface area contributed by atoms with Gasteiger partial charge in [0.05, 0.1) is 18.1 Å². The highest BCUT2D eigenvalue weighted by Crippen LogP contribution is 2.34. The summed E-state index contributed by atoms with van der Waals surface area (Å²) in [6, 6.07) is 8.09. The first-order chi connectivity index (χ1) is 18.4. The molecule has 39 heavy (non-hydrogen) atoms. The second-order valence-corrected chi connectivity index (χ2v) is 8.95. The van der Waals surface area contributed by atoms with Crippen molar-refractivity contribution >= 4 is 23.2 Å². The molecule has 0 spiro atoms. The van der Waals surface area contributed by atoms with Gasteiger partial charge in [0, 0.05) is 28.9 Å². The number of nitrogens with zero attached hydrogens (tertiary/aromatic N) is 3. The van der Waals surface area contributed by atoms with Crippen molar-refractivity contribution in [3.8, 4) is 28.3 Å². The molecule has 1 N–H and O–H groups in total. The molecule has 2 aromatic carbocycles. The maximum Gasteiger partial charge on any atom is 0.419 e. The highest BCUT2D eigenvalue weighted by atomic mass is 19.4. The summed E-state index contributed by atoms with van der Waals surface area (Å²) in [4.78, 5) is 46.1. The fourth-order valence-electron chi connectivity index (χ4n) is 4.00. The fourth-order valence-corrected chi connectivity index (χ4v) is 4.00. The third kappa shape index (κ3) is 5.79. The molecule has 2 heterocycles. The van der Waals surface area contributed by atoms with Gasteiger partial charge in [0.25, 0.3) is 5.56 Å². The van der Waals surface area contributed by atoms with Gasteiger partial charge in [-0.1, -0.05) is 0 Å². The number of carbonyl (C=O) groups excluding carboxylic acids is 2. The number of fused-ring (bicyclic) bond motifs is 1. The molecular weight excluding hydrogens is 520 g/mol. The summed E-state index contributed by atoms with van der Waals surface area (Å²) in [7, 11) is 1.43. The van der Waals surface area contributed by atoms with E-state index in [4.69, 9.17) is 4.74 Å². The zero-order valence-corrected chi connectivity index (χ0v) is 21.0. The first-order valence-electron chi connectivity index (χ1n) is 11.6. The summed E-state index contributed by atoms with van der Waals surface area (Å²) in [5.41, 5.74) is -1.37. The van der Waals surface area contributed by atoms with Gasteiger partial charge in [-0.05, 0) is 61.9 Å². The van der Waals surface area contributed by atoms with Gasteiger partial charge in [-0.15, -0.1) is 0 Å². The predicted molar refractivity (Wildman–Crippen MR) is 135 cm³/mol. The van der Waals surface area contributed by atoms with Gasteiger partial charge in [-0.3, -0.25) is 19.0 Å². The van der Waals surface area contributed by atoms with Crippen molar-refractivity contribution in [1.82, 2.24) is 19.9 Å². The molecule has 0 saturated carbocycles. The summed E-state index contributed by atoms with van der Waals surface area (Å²) >= 11 is 0. The van der Waals surface area contributed by atoms with Crippen molar-refractivity contribution in [2.24, 2.45) is 0 Å². The Kier molecular flexibility index (Phi) is 7.48. The van der Waals surface area contributed by atoms with E-state index in [1.807, 2.05) is 0 Å². The number of carbonyl (C=O) groups is 2. The standard InChI is InChI=1S/C27H22F4N4O4/c1-14(2)33-23(37)12-35-25(16-4-5-22(28)21(10-16)27(29,30)31)34-24-20(26(35)38)9-18(11-32-24)17-6-15(13-36)7-19(8-17)39-3/h4-11,13-14H,12H2,1-3H3,(H,33,37). The van der Waals surface area contributed by atoms with Crippen LogP contribution in [0.25, 0.3) is 33.5 Å². The summed E-state index contributed by atoms with van der Waals surface area (Å²) in [5, 5.41) is 2.60. The van der Waals surface area contributed by atoms with Crippen LogP contribution in [0.5, 0.6) is 5.75 Å². The number of rotatable bonds is 7. The van der Waals surface area contributed by atoms with Gasteiger partial charge in [0.15, 0.2) is 5.65 Å². The number of alkyl halides is 3. The fraction of sp³-hybridized carbons (Fsp3) is 0.222. The average Bonchev–Trinajstić information content (AvgIpc) is 2.88. The SMILES string of the molecule is COc1cc(C=O)cc(-c2cnc3nc(-c4ccc(F)c(C(F)(F)F)c4)n(CC(=O)NC(C)C)c(=O)c3c2)c1. The number of pyridine rings is 1. The van der Waals surface area contributed by atoms with Crippen molar-refractivity contribution in [1.29, 1.82) is 0 Å². The van der Waals surface area contributed by atoms with E-state index in [2.05, 4.69) is 15.3 Å². The second-order valence-electron chi connectivity index (χ2n) is 8.95. The molecule has 0 unspecified atom stereocenters. The van der Waals surface area contributed by atoms with E-state index >= 15 is 0 Å². The molecule has 0 aliphatic rings. The minimum atomic E-state index is -5.00. The van der Waals surface area contributed by atoms with Crippen LogP contribution in [-0.4, -0.2) is 39.9 Å². The number of aromatic nitrogens is 3. The lowest BCUT2D eigenvalue weighted by atomic mass is 10.0. The molecule has 0 fully saturated rings. The molecule has 4 rings (SSSR count). The van der Waals surface area contributed by atoms with Crippen LogP contribution in [0, 0.1) is 5.82 Å². The summed E-state index contributed by atoms with van der Waals surface area (Å²) < 4.78 is 60.3. The number of hydrogen-bond acceptors (Lipinski definition) is 6. The molecule has 4 aromatic rings. The van der Waals surface area contributed by atoms with Gasteiger partial charge >= 0.3 is 6.18 Å². The quantitative estimate of drug-likeness (QED) is 0.270. The van der Waals surface area contributed by atoms with Crippen LogP contribution in [0.15, 0.2) is 53.5 Å². The first kappa shape index (κ1) is 27.4. The van der Waals surface area contributed by atoms with Crippen LogP contribution in [-0.2, 0) is 17.5 Å². The maximum absolute atomic E-state index is 14.0. The Hall–Kier alpha value is -4.61. The molecule has 0 saturated heterocycles. The average molecular weight is 542 g/mol. The second kappa shape index (κ2) is 10.6. The van der Waals surface area contributed by atoms with Crippen molar-refractivity contribution in [2.45, 2.75) is 32.6 Å². The van der Waals surface area contributed by atoms with Crippen molar-refractivity contribution < 1.29 is 31.9 Å². The lowest BCUT2D eigenvalue weighted by Gasteiger charge is -2.16. The number of amides is 1. The van der Waals surface area contributed by atoms with E-state index in [0.29, 0.717) is 40.9 Å². The van der Waals surface area contributed by atoms with E-state index in [0.717, 1.165) is 10.6 Å². The molecule has 2 aromatic heterocycles. The monoisotopic (exact) mass is 542 g/mol. The zero-order chi connectivity index (χ0) is 28.5. The third-order valence-electron chi connectivity index (χ3n) is 5.73. The van der Waals surface area contributed by atoms with E-state index in [9.17, 15) is 31.9 Å². The Morgan fingerprint density at radius 2 is 1.85 bits per heavy atom. The number of methoxy groups -OCH3 is 1. The Bertz CT molecular complexity index is 1650. The zero-order valence-electron chi connectivity index (χ0n) is 21.0. The Morgan fingerprint density at radius 3 is 2.49 bits per heavy atom. The van der Waals surface area contributed by atoms with Gasteiger partial charge in [-0.2, -0.15) is 13.2 Å². The molecule has 0 aliphatic heterocycles. The molecule has 202 valence electrons.